The third-order valence-electron chi connectivity index (χ3n) is 4.11. The van der Waals surface area contributed by atoms with Crippen molar-refractivity contribution in [3.05, 3.63) is 0 Å². The summed E-state index contributed by atoms with van der Waals surface area (Å²) in [6.07, 6.45) is -1.10. The van der Waals surface area contributed by atoms with Crippen molar-refractivity contribution in [3.8, 4) is 0 Å². The SMILES string of the molecule is CC(C)C(NC(=O)C(N)C(C)O)C(=O)NC(C(=O)NC(CS)C(=O)O)C(C)C. The number of carbonyl (C=O) groups is 4. The average Bonchev–Trinajstić information content (AvgIpc) is 2.59. The number of aliphatic hydroxyl groups excluding tert-OH is 1. The van der Waals surface area contributed by atoms with Crippen LogP contribution in [0.3, 0.4) is 0 Å². The Kier molecular flexibility index (Phi) is 11.1. The largest absolute Gasteiger partial charge is 0.480 e. The van der Waals surface area contributed by atoms with E-state index >= 15 is 0 Å². The van der Waals surface area contributed by atoms with Crippen LogP contribution >= 0.6 is 12.6 Å². The molecule has 7 N–H and O–H groups in total. The zero-order valence-corrected chi connectivity index (χ0v) is 17.7. The summed E-state index contributed by atoms with van der Waals surface area (Å²) >= 11 is 3.89. The predicted molar refractivity (Wildman–Crippen MR) is 107 cm³/mol. The van der Waals surface area contributed by atoms with E-state index in [0.29, 0.717) is 0 Å². The topological polar surface area (TPSA) is 171 Å². The summed E-state index contributed by atoms with van der Waals surface area (Å²) in [5.41, 5.74) is 5.58. The van der Waals surface area contributed by atoms with E-state index in [1.807, 2.05) is 0 Å². The number of thiol groups is 1. The first-order chi connectivity index (χ1) is 12.8. The summed E-state index contributed by atoms with van der Waals surface area (Å²) in [5.74, 6) is -4.01. The van der Waals surface area contributed by atoms with Gasteiger partial charge in [-0.1, -0.05) is 27.7 Å². The lowest BCUT2D eigenvalue weighted by Gasteiger charge is -2.28. The lowest BCUT2D eigenvalue weighted by Crippen LogP contribution is -2.60. The van der Waals surface area contributed by atoms with Gasteiger partial charge >= 0.3 is 5.97 Å². The number of aliphatic hydroxyl groups is 1. The third kappa shape index (κ3) is 8.03. The van der Waals surface area contributed by atoms with Gasteiger partial charge in [0.25, 0.3) is 0 Å². The Labute approximate surface area is 170 Å². The highest BCUT2D eigenvalue weighted by atomic mass is 32.1. The van der Waals surface area contributed by atoms with Gasteiger partial charge in [0, 0.05) is 5.75 Å². The molecule has 0 aliphatic rings. The summed E-state index contributed by atoms with van der Waals surface area (Å²) in [7, 11) is 0. The number of carboxylic acid groups (broad SMARTS) is 1. The quantitative estimate of drug-likeness (QED) is 0.199. The van der Waals surface area contributed by atoms with E-state index in [-0.39, 0.29) is 17.6 Å². The van der Waals surface area contributed by atoms with Crippen LogP contribution in [0.4, 0.5) is 0 Å². The summed E-state index contributed by atoms with van der Waals surface area (Å²) in [6, 6.07) is -4.41. The fourth-order valence-electron chi connectivity index (χ4n) is 2.23. The van der Waals surface area contributed by atoms with Gasteiger partial charge in [0.1, 0.15) is 24.2 Å². The van der Waals surface area contributed by atoms with E-state index < -0.39 is 54.0 Å². The highest BCUT2D eigenvalue weighted by molar-refractivity contribution is 7.80. The normalized spacial score (nSPS) is 16.6. The molecule has 0 saturated heterocycles. The zero-order chi connectivity index (χ0) is 22.2. The molecule has 0 radical (unpaired) electrons. The number of carboxylic acids is 1. The van der Waals surface area contributed by atoms with Crippen LogP contribution in [-0.4, -0.2) is 69.9 Å². The van der Waals surface area contributed by atoms with E-state index in [2.05, 4.69) is 28.6 Å². The Morgan fingerprint density at radius 2 is 1.25 bits per heavy atom. The molecule has 28 heavy (non-hydrogen) atoms. The lowest BCUT2D eigenvalue weighted by molar-refractivity contribution is -0.142. The van der Waals surface area contributed by atoms with Crippen molar-refractivity contribution in [2.75, 3.05) is 5.75 Å². The summed E-state index contributed by atoms with van der Waals surface area (Å²) in [6.45, 7) is 8.13. The number of rotatable bonds is 11. The first-order valence-electron chi connectivity index (χ1n) is 9.01. The third-order valence-corrected chi connectivity index (χ3v) is 4.48. The van der Waals surface area contributed by atoms with Crippen LogP contribution in [0.5, 0.6) is 0 Å². The molecule has 5 unspecified atom stereocenters. The molecule has 0 fully saturated rings. The predicted octanol–water partition coefficient (Wildman–Crippen LogP) is -1.52. The smallest absolute Gasteiger partial charge is 0.327 e. The van der Waals surface area contributed by atoms with Gasteiger partial charge in [0.15, 0.2) is 0 Å². The maximum atomic E-state index is 12.7. The second-order valence-corrected chi connectivity index (χ2v) is 7.67. The minimum atomic E-state index is -1.24. The van der Waals surface area contributed by atoms with Crippen molar-refractivity contribution in [3.63, 3.8) is 0 Å². The molecular weight excluding hydrogens is 388 g/mol. The first-order valence-corrected chi connectivity index (χ1v) is 9.65. The molecule has 0 aromatic heterocycles. The van der Waals surface area contributed by atoms with Gasteiger partial charge in [0.05, 0.1) is 6.10 Å². The summed E-state index contributed by atoms with van der Waals surface area (Å²) < 4.78 is 0. The molecule has 162 valence electrons. The van der Waals surface area contributed by atoms with Crippen molar-refractivity contribution < 1.29 is 29.4 Å². The van der Waals surface area contributed by atoms with Crippen LogP contribution in [0, 0.1) is 11.8 Å². The van der Waals surface area contributed by atoms with Gasteiger partial charge in [0.2, 0.25) is 17.7 Å². The molecule has 11 heteroatoms. The average molecular weight is 421 g/mol. The Bertz CT molecular complexity index is 570. The molecule has 0 saturated carbocycles. The van der Waals surface area contributed by atoms with Crippen LogP contribution in [0.1, 0.15) is 34.6 Å². The number of carbonyl (C=O) groups excluding carboxylic acids is 3. The van der Waals surface area contributed by atoms with Gasteiger partial charge in [-0.15, -0.1) is 0 Å². The lowest BCUT2D eigenvalue weighted by atomic mass is 9.99. The summed E-state index contributed by atoms with van der Waals surface area (Å²) in [5, 5.41) is 25.8. The molecule has 3 amide bonds. The second-order valence-electron chi connectivity index (χ2n) is 7.31. The van der Waals surface area contributed by atoms with Crippen LogP contribution in [0.2, 0.25) is 0 Å². The van der Waals surface area contributed by atoms with Crippen molar-refractivity contribution in [1.29, 1.82) is 0 Å². The van der Waals surface area contributed by atoms with Gasteiger partial charge < -0.3 is 31.9 Å². The van der Waals surface area contributed by atoms with Crippen molar-refractivity contribution in [1.82, 2.24) is 16.0 Å². The molecule has 10 nitrogen and oxygen atoms in total. The second kappa shape index (κ2) is 11.9. The molecular formula is C17H32N4O6S. The zero-order valence-electron chi connectivity index (χ0n) is 16.8. The van der Waals surface area contributed by atoms with Gasteiger partial charge in [-0.2, -0.15) is 12.6 Å². The fraction of sp³-hybridized carbons (Fsp3) is 0.765. The molecule has 0 bridgehead atoms. The molecule has 0 aromatic carbocycles. The maximum Gasteiger partial charge on any atom is 0.327 e. The molecule has 0 rings (SSSR count). The van der Waals surface area contributed by atoms with E-state index in [9.17, 15) is 24.3 Å². The first kappa shape index (κ1) is 26.1. The van der Waals surface area contributed by atoms with E-state index in [1.54, 1.807) is 27.7 Å². The maximum absolute atomic E-state index is 12.7. The van der Waals surface area contributed by atoms with Crippen LogP contribution < -0.4 is 21.7 Å². The molecule has 5 atom stereocenters. The number of hydrogen-bond donors (Lipinski definition) is 7. The highest BCUT2D eigenvalue weighted by Crippen LogP contribution is 2.08. The number of nitrogens with two attached hydrogens (primary N) is 1. The van der Waals surface area contributed by atoms with Crippen molar-refractivity contribution in [2.45, 2.75) is 64.9 Å². The molecule has 0 aromatic rings. The van der Waals surface area contributed by atoms with E-state index in [4.69, 9.17) is 10.8 Å². The molecule has 0 spiro atoms. The Morgan fingerprint density at radius 1 is 0.857 bits per heavy atom. The summed E-state index contributed by atoms with van der Waals surface area (Å²) in [4.78, 5) is 48.3. The fourth-order valence-corrected chi connectivity index (χ4v) is 2.48. The minimum absolute atomic E-state index is 0.109. The van der Waals surface area contributed by atoms with Crippen LogP contribution in [0.15, 0.2) is 0 Å². The standard InChI is InChI=1S/C17H32N4O6S/c1-7(2)12(15(24)19-10(6-28)17(26)27)21-16(25)13(8(3)4)20-14(23)11(18)9(5)22/h7-13,22,28H,6,18H2,1-5H3,(H,19,24)(H,20,23)(H,21,25)(H,26,27). The van der Waals surface area contributed by atoms with Crippen LogP contribution in [-0.2, 0) is 19.2 Å². The molecule has 0 aliphatic carbocycles. The molecule has 0 heterocycles. The number of nitrogens with one attached hydrogen (secondary N) is 3. The Hall–Kier alpha value is -1.85. The monoisotopic (exact) mass is 420 g/mol. The Morgan fingerprint density at radius 3 is 1.57 bits per heavy atom. The van der Waals surface area contributed by atoms with E-state index in [0.717, 1.165) is 0 Å². The molecule has 0 aliphatic heterocycles. The van der Waals surface area contributed by atoms with Gasteiger partial charge in [-0.05, 0) is 18.8 Å². The minimum Gasteiger partial charge on any atom is -0.480 e. The number of hydrogen-bond acceptors (Lipinski definition) is 7. The van der Waals surface area contributed by atoms with Crippen molar-refractivity contribution >= 4 is 36.3 Å². The van der Waals surface area contributed by atoms with Crippen molar-refractivity contribution in [2.24, 2.45) is 17.6 Å². The number of aliphatic carboxylic acids is 1. The van der Waals surface area contributed by atoms with Gasteiger partial charge in [-0.3, -0.25) is 14.4 Å². The highest BCUT2D eigenvalue weighted by Gasteiger charge is 2.33. The van der Waals surface area contributed by atoms with E-state index in [1.165, 1.54) is 6.92 Å². The van der Waals surface area contributed by atoms with Crippen LogP contribution in [0.25, 0.3) is 0 Å². The Balaban J connectivity index is 5.29. The number of amides is 3. The van der Waals surface area contributed by atoms with Gasteiger partial charge in [-0.25, -0.2) is 4.79 Å².